The van der Waals surface area contributed by atoms with E-state index in [-0.39, 0.29) is 31.1 Å². The number of rotatable bonds is 8. The molecule has 0 atom stereocenters. The van der Waals surface area contributed by atoms with Crippen LogP contribution in [0.15, 0.2) is 0 Å². The molecule has 0 aromatic heterocycles. The number of ketones is 1. The first-order valence-corrected chi connectivity index (χ1v) is 5.45. The Bertz CT molecular complexity index is 250. The molecular weight excluding hydrogens is 210 g/mol. The molecule has 0 unspecified atom stereocenters. The average molecular weight is 229 g/mol. The number of ether oxygens (including phenoxy) is 1. The largest absolute Gasteiger partial charge is 0.469 e. The van der Waals surface area contributed by atoms with Crippen LogP contribution in [-0.2, 0) is 19.1 Å². The second-order valence-corrected chi connectivity index (χ2v) is 3.50. The van der Waals surface area contributed by atoms with Crippen LogP contribution in [0, 0.1) is 0 Å². The van der Waals surface area contributed by atoms with Crippen LogP contribution < -0.4 is 5.32 Å². The topological polar surface area (TPSA) is 72.5 Å². The highest BCUT2D eigenvalue weighted by molar-refractivity contribution is 5.87. The molecule has 0 radical (unpaired) electrons. The fourth-order valence-corrected chi connectivity index (χ4v) is 1.05. The summed E-state index contributed by atoms with van der Waals surface area (Å²) in [7, 11) is 1.28. The Balaban J connectivity index is 3.57. The summed E-state index contributed by atoms with van der Waals surface area (Å²) in [6.45, 7) is 1.99. The Morgan fingerprint density at radius 1 is 1.12 bits per heavy atom. The van der Waals surface area contributed by atoms with Gasteiger partial charge in [0.25, 0.3) is 0 Å². The van der Waals surface area contributed by atoms with Gasteiger partial charge < -0.3 is 10.1 Å². The molecule has 92 valence electrons. The van der Waals surface area contributed by atoms with Crippen LogP contribution in [0.4, 0.5) is 0 Å². The Hall–Kier alpha value is -1.39. The molecule has 16 heavy (non-hydrogen) atoms. The minimum absolute atomic E-state index is 0.000454. The van der Waals surface area contributed by atoms with Gasteiger partial charge >= 0.3 is 5.97 Å². The highest BCUT2D eigenvalue weighted by atomic mass is 16.5. The van der Waals surface area contributed by atoms with Crippen molar-refractivity contribution >= 4 is 17.7 Å². The van der Waals surface area contributed by atoms with Crippen LogP contribution >= 0.6 is 0 Å². The lowest BCUT2D eigenvalue weighted by atomic mass is 10.2. The molecule has 1 N–H and O–H groups in total. The molecule has 0 saturated carbocycles. The predicted octanol–water partition coefficient (Wildman–Crippen LogP) is 0.815. The maximum atomic E-state index is 11.2. The molecular formula is C11H19NO4. The minimum Gasteiger partial charge on any atom is -0.469 e. The number of unbranched alkanes of at least 4 members (excludes halogenated alkanes) is 1. The highest BCUT2D eigenvalue weighted by Gasteiger charge is 2.08. The van der Waals surface area contributed by atoms with Gasteiger partial charge in [0.15, 0.2) is 5.78 Å². The number of hydrogen-bond donors (Lipinski definition) is 1. The van der Waals surface area contributed by atoms with E-state index in [0.29, 0.717) is 6.42 Å². The predicted molar refractivity (Wildman–Crippen MR) is 58.8 cm³/mol. The molecule has 0 aliphatic rings. The fraction of sp³-hybridized carbons (Fsp3) is 0.727. The standard InChI is InChI=1S/C11H19NO4/c1-3-4-5-10(14)12-8-9(13)6-7-11(15)16-2/h3-8H2,1-2H3,(H,12,14). The van der Waals surface area contributed by atoms with E-state index in [4.69, 9.17) is 0 Å². The summed E-state index contributed by atoms with van der Waals surface area (Å²) in [4.78, 5) is 33.1. The lowest BCUT2D eigenvalue weighted by Crippen LogP contribution is -2.29. The molecule has 0 fully saturated rings. The molecule has 5 heteroatoms. The maximum absolute atomic E-state index is 11.2. The molecule has 0 aliphatic carbocycles. The molecule has 0 saturated heterocycles. The molecule has 0 aliphatic heterocycles. The van der Waals surface area contributed by atoms with E-state index >= 15 is 0 Å². The number of carbonyl (C=O) groups is 3. The summed E-state index contributed by atoms with van der Waals surface area (Å²) in [5, 5.41) is 2.52. The van der Waals surface area contributed by atoms with Gasteiger partial charge in [0, 0.05) is 12.8 Å². The third-order valence-electron chi connectivity index (χ3n) is 2.08. The van der Waals surface area contributed by atoms with Crippen LogP contribution in [0.3, 0.4) is 0 Å². The summed E-state index contributed by atoms with van der Waals surface area (Å²) in [5.74, 6) is -0.686. The summed E-state index contributed by atoms with van der Waals surface area (Å²) in [6, 6.07) is 0. The normalized spacial score (nSPS) is 9.62. The SMILES string of the molecule is CCCCC(=O)NCC(=O)CCC(=O)OC. The Kier molecular flexibility index (Phi) is 8.11. The third-order valence-corrected chi connectivity index (χ3v) is 2.08. The lowest BCUT2D eigenvalue weighted by molar-refractivity contribution is -0.141. The fourth-order valence-electron chi connectivity index (χ4n) is 1.05. The van der Waals surface area contributed by atoms with Crippen molar-refractivity contribution in [3.05, 3.63) is 0 Å². The number of hydrogen-bond acceptors (Lipinski definition) is 4. The van der Waals surface area contributed by atoms with E-state index in [2.05, 4.69) is 10.1 Å². The molecule has 0 aromatic rings. The van der Waals surface area contributed by atoms with Gasteiger partial charge in [-0.05, 0) is 6.42 Å². The van der Waals surface area contributed by atoms with E-state index in [1.807, 2.05) is 6.92 Å². The van der Waals surface area contributed by atoms with Crippen molar-refractivity contribution in [2.45, 2.75) is 39.0 Å². The first-order valence-electron chi connectivity index (χ1n) is 5.45. The van der Waals surface area contributed by atoms with Crippen molar-refractivity contribution < 1.29 is 19.1 Å². The highest BCUT2D eigenvalue weighted by Crippen LogP contribution is 1.95. The number of Topliss-reactive ketones (excluding diaryl/α,β-unsaturated/α-hetero) is 1. The second kappa shape index (κ2) is 8.88. The van der Waals surface area contributed by atoms with Gasteiger partial charge in [-0.15, -0.1) is 0 Å². The van der Waals surface area contributed by atoms with Crippen LogP contribution in [0.5, 0.6) is 0 Å². The van der Waals surface area contributed by atoms with E-state index < -0.39 is 5.97 Å². The van der Waals surface area contributed by atoms with Gasteiger partial charge in [0.05, 0.1) is 20.1 Å². The first-order chi connectivity index (χ1) is 7.60. The van der Waals surface area contributed by atoms with Crippen molar-refractivity contribution in [1.82, 2.24) is 5.32 Å². The van der Waals surface area contributed by atoms with E-state index in [1.165, 1.54) is 7.11 Å². The van der Waals surface area contributed by atoms with Crippen LogP contribution in [0.2, 0.25) is 0 Å². The number of methoxy groups -OCH3 is 1. The summed E-state index contributed by atoms with van der Waals surface area (Å²) in [5.41, 5.74) is 0. The van der Waals surface area contributed by atoms with Gasteiger partial charge in [0.2, 0.25) is 5.91 Å². The Morgan fingerprint density at radius 2 is 1.81 bits per heavy atom. The molecule has 1 amide bonds. The summed E-state index contributed by atoms with van der Waals surface area (Å²) in [6.07, 6.45) is 2.40. The van der Waals surface area contributed by atoms with Crippen LogP contribution in [-0.4, -0.2) is 31.3 Å². The molecule has 0 rings (SSSR count). The van der Waals surface area contributed by atoms with Crippen molar-refractivity contribution in [3.8, 4) is 0 Å². The maximum Gasteiger partial charge on any atom is 0.305 e. The smallest absolute Gasteiger partial charge is 0.305 e. The second-order valence-electron chi connectivity index (χ2n) is 3.50. The van der Waals surface area contributed by atoms with E-state index in [1.54, 1.807) is 0 Å². The Morgan fingerprint density at radius 3 is 2.38 bits per heavy atom. The third kappa shape index (κ3) is 7.96. The summed E-state index contributed by atoms with van der Waals surface area (Å²) < 4.78 is 4.40. The van der Waals surface area contributed by atoms with Gasteiger partial charge in [-0.3, -0.25) is 14.4 Å². The van der Waals surface area contributed by atoms with Crippen molar-refractivity contribution in [3.63, 3.8) is 0 Å². The zero-order valence-corrected chi connectivity index (χ0v) is 9.88. The van der Waals surface area contributed by atoms with E-state index in [0.717, 1.165) is 12.8 Å². The zero-order chi connectivity index (χ0) is 12.4. The molecule has 5 nitrogen and oxygen atoms in total. The van der Waals surface area contributed by atoms with Crippen LogP contribution in [0.25, 0.3) is 0 Å². The average Bonchev–Trinajstić information content (AvgIpc) is 2.30. The van der Waals surface area contributed by atoms with Gasteiger partial charge in [-0.25, -0.2) is 0 Å². The summed E-state index contributed by atoms with van der Waals surface area (Å²) >= 11 is 0. The number of nitrogens with one attached hydrogen (secondary N) is 1. The van der Waals surface area contributed by atoms with Gasteiger partial charge in [-0.2, -0.15) is 0 Å². The molecule has 0 heterocycles. The monoisotopic (exact) mass is 229 g/mol. The lowest BCUT2D eigenvalue weighted by Gasteiger charge is -2.03. The number of esters is 1. The minimum atomic E-state index is -0.411. The van der Waals surface area contributed by atoms with Crippen LogP contribution in [0.1, 0.15) is 39.0 Å². The van der Waals surface area contributed by atoms with Gasteiger partial charge in [0.1, 0.15) is 0 Å². The van der Waals surface area contributed by atoms with Crippen molar-refractivity contribution in [1.29, 1.82) is 0 Å². The number of carbonyl (C=O) groups excluding carboxylic acids is 3. The molecule has 0 spiro atoms. The molecule has 0 aromatic carbocycles. The van der Waals surface area contributed by atoms with Crippen molar-refractivity contribution in [2.75, 3.05) is 13.7 Å². The number of amides is 1. The van der Waals surface area contributed by atoms with Gasteiger partial charge in [-0.1, -0.05) is 13.3 Å². The Labute approximate surface area is 95.5 Å². The molecule has 0 bridgehead atoms. The first kappa shape index (κ1) is 14.6. The van der Waals surface area contributed by atoms with Crippen molar-refractivity contribution in [2.24, 2.45) is 0 Å². The quantitative estimate of drug-likeness (QED) is 0.625. The zero-order valence-electron chi connectivity index (χ0n) is 9.88. The van der Waals surface area contributed by atoms with E-state index in [9.17, 15) is 14.4 Å².